The number of methoxy groups -OCH3 is 1. The molecule has 1 aliphatic rings. The molecule has 0 radical (unpaired) electrons. The molecule has 0 N–H and O–H groups in total. The number of aromatic nitrogens is 1. The summed E-state index contributed by atoms with van der Waals surface area (Å²) < 4.78 is 5.47. The first-order chi connectivity index (χ1) is 14.6. The summed E-state index contributed by atoms with van der Waals surface area (Å²) in [5.41, 5.74) is 4.10. The van der Waals surface area contributed by atoms with Crippen molar-refractivity contribution < 1.29 is 9.53 Å². The van der Waals surface area contributed by atoms with Gasteiger partial charge in [0.2, 0.25) is 0 Å². The van der Waals surface area contributed by atoms with E-state index in [-0.39, 0.29) is 5.78 Å². The predicted molar refractivity (Wildman–Crippen MR) is 119 cm³/mol. The Hall–Kier alpha value is -3.17. The monoisotopic (exact) mass is 417 g/mol. The number of anilines is 1. The number of nitrogens with zero attached hydrogens (tertiary/aromatic N) is 3. The van der Waals surface area contributed by atoms with Crippen LogP contribution in [-0.2, 0) is 0 Å². The van der Waals surface area contributed by atoms with E-state index in [1.165, 1.54) is 0 Å². The van der Waals surface area contributed by atoms with Crippen molar-refractivity contribution >= 4 is 22.8 Å². The molecule has 0 spiro atoms. The van der Waals surface area contributed by atoms with Gasteiger partial charge in [0, 0.05) is 41.2 Å². The Morgan fingerprint density at radius 1 is 1.23 bits per heavy atom. The van der Waals surface area contributed by atoms with Crippen molar-refractivity contribution in [2.75, 3.05) is 25.1 Å². The second kappa shape index (κ2) is 8.68. The van der Waals surface area contributed by atoms with Gasteiger partial charge in [-0.15, -0.1) is 11.3 Å². The largest absolute Gasteiger partial charge is 0.496 e. The molecule has 0 saturated carbocycles. The Morgan fingerprint density at radius 2 is 2.00 bits per heavy atom. The molecule has 0 amide bonds. The molecule has 2 heterocycles. The highest BCUT2D eigenvalue weighted by Gasteiger charge is 2.25. The second-order valence-corrected chi connectivity index (χ2v) is 8.32. The Labute approximate surface area is 180 Å². The first-order valence-corrected chi connectivity index (χ1v) is 10.9. The summed E-state index contributed by atoms with van der Waals surface area (Å²) in [7, 11) is 1.68. The number of para-hydroxylation sites is 1. The zero-order chi connectivity index (χ0) is 21.1. The average molecular weight is 418 g/mol. The molecule has 1 saturated heterocycles. The van der Waals surface area contributed by atoms with E-state index in [1.54, 1.807) is 37.5 Å². The Bertz CT molecular complexity index is 1110. The average Bonchev–Trinajstić information content (AvgIpc) is 3.28. The molecule has 0 aliphatic carbocycles. The van der Waals surface area contributed by atoms with Crippen LogP contribution < -0.4 is 9.64 Å². The summed E-state index contributed by atoms with van der Waals surface area (Å²) in [5.74, 6) is 1.26. The third-order valence-corrected chi connectivity index (χ3v) is 6.60. The summed E-state index contributed by atoms with van der Waals surface area (Å²) in [4.78, 5) is 19.2. The fraction of sp³-hybridized carbons (Fsp3) is 0.292. The predicted octanol–water partition coefficient (Wildman–Crippen LogP) is 5.28. The van der Waals surface area contributed by atoms with E-state index in [0.29, 0.717) is 17.0 Å². The number of ether oxygens (including phenoxy) is 1. The third kappa shape index (κ3) is 3.94. The second-order valence-electron chi connectivity index (χ2n) is 7.43. The molecule has 1 fully saturated rings. The van der Waals surface area contributed by atoms with Gasteiger partial charge in [0.05, 0.1) is 29.4 Å². The Kier molecular flexibility index (Phi) is 5.82. The fourth-order valence-electron chi connectivity index (χ4n) is 3.98. The smallest absolute Gasteiger partial charge is 0.161 e. The molecule has 152 valence electrons. The highest BCUT2D eigenvalue weighted by atomic mass is 32.1. The van der Waals surface area contributed by atoms with Crippen LogP contribution in [-0.4, -0.2) is 31.0 Å². The van der Waals surface area contributed by atoms with Gasteiger partial charge in [0.1, 0.15) is 5.75 Å². The maximum absolute atomic E-state index is 12.1. The van der Waals surface area contributed by atoms with Crippen LogP contribution in [0.1, 0.15) is 46.6 Å². The molecule has 0 atom stereocenters. The van der Waals surface area contributed by atoms with Gasteiger partial charge >= 0.3 is 0 Å². The van der Waals surface area contributed by atoms with Gasteiger partial charge in [0.15, 0.2) is 5.78 Å². The Balaban J connectivity index is 1.51. The van der Waals surface area contributed by atoms with Gasteiger partial charge in [-0.1, -0.05) is 12.1 Å². The first kappa shape index (κ1) is 20.1. The van der Waals surface area contributed by atoms with Crippen molar-refractivity contribution in [3.05, 3.63) is 64.0 Å². The quantitative estimate of drug-likeness (QED) is 0.529. The molecule has 1 aliphatic heterocycles. The highest BCUT2D eigenvalue weighted by molar-refractivity contribution is 7.10. The number of benzene rings is 2. The number of carbonyl (C=O) groups is 1. The minimum Gasteiger partial charge on any atom is -0.496 e. The number of hydrogen-bond donors (Lipinski definition) is 0. The van der Waals surface area contributed by atoms with Crippen molar-refractivity contribution in [1.82, 2.24) is 4.98 Å². The summed E-state index contributed by atoms with van der Waals surface area (Å²) >= 11 is 1.70. The molecule has 2 aromatic carbocycles. The minimum atomic E-state index is 0.0259. The maximum Gasteiger partial charge on any atom is 0.161 e. The lowest BCUT2D eigenvalue weighted by Crippen LogP contribution is -2.33. The zero-order valence-electron chi connectivity index (χ0n) is 17.1. The van der Waals surface area contributed by atoms with E-state index in [9.17, 15) is 10.1 Å². The van der Waals surface area contributed by atoms with Crippen LogP contribution >= 0.6 is 11.3 Å². The Morgan fingerprint density at radius 3 is 2.70 bits per heavy atom. The molecular formula is C24H23N3O2S. The molecule has 3 aromatic rings. The van der Waals surface area contributed by atoms with Crippen LogP contribution in [0, 0.1) is 11.3 Å². The van der Waals surface area contributed by atoms with Gasteiger partial charge < -0.3 is 9.64 Å². The number of nitriles is 1. The van der Waals surface area contributed by atoms with Crippen LogP contribution in [0.2, 0.25) is 0 Å². The zero-order valence-corrected chi connectivity index (χ0v) is 17.9. The van der Waals surface area contributed by atoms with Gasteiger partial charge in [-0.05, 0) is 50.1 Å². The number of hydrogen-bond acceptors (Lipinski definition) is 6. The maximum atomic E-state index is 12.1. The lowest BCUT2D eigenvalue weighted by atomic mass is 9.95. The van der Waals surface area contributed by atoms with Crippen molar-refractivity contribution in [3.8, 4) is 23.1 Å². The third-order valence-electron chi connectivity index (χ3n) is 5.60. The van der Waals surface area contributed by atoms with E-state index in [0.717, 1.165) is 53.6 Å². The topological polar surface area (TPSA) is 66.2 Å². The number of thiazole rings is 1. The molecule has 1 aromatic heterocycles. The SMILES string of the molecule is COc1ccccc1-c1csc(C2CCN(c3cc(C#N)ccc3C(C)=O)CC2)n1. The first-order valence-electron chi connectivity index (χ1n) is 9.99. The van der Waals surface area contributed by atoms with Crippen molar-refractivity contribution in [3.63, 3.8) is 0 Å². The highest BCUT2D eigenvalue weighted by Crippen LogP contribution is 2.37. The number of piperidine rings is 1. The van der Waals surface area contributed by atoms with Crippen LogP contribution in [0.5, 0.6) is 5.75 Å². The normalized spacial score (nSPS) is 14.4. The molecular weight excluding hydrogens is 394 g/mol. The summed E-state index contributed by atoms with van der Waals surface area (Å²) in [6.07, 6.45) is 1.93. The van der Waals surface area contributed by atoms with Crippen LogP contribution in [0.15, 0.2) is 47.8 Å². The van der Waals surface area contributed by atoms with Gasteiger partial charge in [0.25, 0.3) is 0 Å². The van der Waals surface area contributed by atoms with E-state index in [4.69, 9.17) is 9.72 Å². The molecule has 6 heteroatoms. The van der Waals surface area contributed by atoms with Crippen LogP contribution in [0.4, 0.5) is 5.69 Å². The minimum absolute atomic E-state index is 0.0259. The number of Topliss-reactive ketones (excluding diaryl/α,β-unsaturated/α-hetero) is 1. The summed E-state index contributed by atoms with van der Waals surface area (Å²) in [5, 5.41) is 12.5. The van der Waals surface area contributed by atoms with Crippen molar-refractivity contribution in [2.45, 2.75) is 25.7 Å². The molecule has 30 heavy (non-hydrogen) atoms. The van der Waals surface area contributed by atoms with E-state index < -0.39 is 0 Å². The fourth-order valence-corrected chi connectivity index (χ4v) is 4.97. The number of ketones is 1. The number of rotatable bonds is 5. The van der Waals surface area contributed by atoms with Gasteiger partial charge in [-0.2, -0.15) is 5.26 Å². The van der Waals surface area contributed by atoms with E-state index >= 15 is 0 Å². The van der Waals surface area contributed by atoms with Gasteiger partial charge in [-0.3, -0.25) is 4.79 Å². The molecule has 0 bridgehead atoms. The van der Waals surface area contributed by atoms with Crippen molar-refractivity contribution in [1.29, 1.82) is 5.26 Å². The van der Waals surface area contributed by atoms with Gasteiger partial charge in [-0.25, -0.2) is 4.98 Å². The van der Waals surface area contributed by atoms with Crippen molar-refractivity contribution in [2.24, 2.45) is 0 Å². The summed E-state index contributed by atoms with van der Waals surface area (Å²) in [6, 6.07) is 15.4. The van der Waals surface area contributed by atoms with E-state index in [2.05, 4.69) is 16.3 Å². The molecule has 0 unspecified atom stereocenters. The van der Waals surface area contributed by atoms with Crippen LogP contribution in [0.3, 0.4) is 0 Å². The standard InChI is InChI=1S/C24H23N3O2S/c1-16(28)19-8-7-17(14-25)13-22(19)27-11-9-18(10-12-27)24-26-21(15-30-24)20-5-3-4-6-23(20)29-2/h3-8,13,15,18H,9-12H2,1-2H3. The lowest BCUT2D eigenvalue weighted by molar-refractivity contribution is 0.101. The van der Waals surface area contributed by atoms with Crippen LogP contribution in [0.25, 0.3) is 11.3 Å². The van der Waals surface area contributed by atoms with E-state index in [1.807, 2.05) is 30.3 Å². The number of carbonyl (C=O) groups excluding carboxylic acids is 1. The summed E-state index contributed by atoms with van der Waals surface area (Å²) in [6.45, 7) is 3.25. The lowest BCUT2D eigenvalue weighted by Gasteiger charge is -2.34. The molecule has 4 rings (SSSR count). The molecule has 5 nitrogen and oxygen atoms in total.